The molecule has 0 aromatic heterocycles. The lowest BCUT2D eigenvalue weighted by atomic mass is 10.1. The van der Waals surface area contributed by atoms with Crippen molar-refractivity contribution >= 4 is 11.7 Å². The van der Waals surface area contributed by atoms with E-state index in [1.807, 2.05) is 32.7 Å². The van der Waals surface area contributed by atoms with Crippen LogP contribution in [-0.4, -0.2) is 24.2 Å². The van der Waals surface area contributed by atoms with E-state index in [4.69, 9.17) is 5.11 Å². The summed E-state index contributed by atoms with van der Waals surface area (Å²) < 4.78 is 0. The van der Waals surface area contributed by atoms with Crippen LogP contribution in [0.5, 0.6) is 0 Å². The molecule has 0 aliphatic carbocycles. The summed E-state index contributed by atoms with van der Waals surface area (Å²) in [5.74, 6) is -0.760. The maximum atomic E-state index is 10.7. The van der Waals surface area contributed by atoms with Crippen LogP contribution in [0.1, 0.15) is 24.5 Å². The summed E-state index contributed by atoms with van der Waals surface area (Å²) in [7, 11) is 1.94. The molecule has 0 radical (unpaired) electrons. The van der Waals surface area contributed by atoms with Gasteiger partial charge in [0.2, 0.25) is 0 Å². The number of aryl methyl sites for hydroxylation is 2. The highest BCUT2D eigenvalue weighted by molar-refractivity contribution is 5.68. The van der Waals surface area contributed by atoms with Crippen LogP contribution in [-0.2, 0) is 4.79 Å². The molecule has 3 nitrogen and oxygen atoms in total. The van der Waals surface area contributed by atoms with Crippen LogP contribution in [0.3, 0.4) is 0 Å². The fraction of sp³-hybridized carbons (Fsp3) is 0.462. The van der Waals surface area contributed by atoms with E-state index in [1.54, 1.807) is 0 Å². The number of anilines is 1. The van der Waals surface area contributed by atoms with E-state index in [-0.39, 0.29) is 12.5 Å². The van der Waals surface area contributed by atoms with Crippen molar-refractivity contribution in [2.24, 2.45) is 0 Å². The molecular weight excluding hydrogens is 202 g/mol. The normalized spacial score (nSPS) is 12.2. The van der Waals surface area contributed by atoms with Gasteiger partial charge in [-0.2, -0.15) is 0 Å². The summed E-state index contributed by atoms with van der Waals surface area (Å²) in [5, 5.41) is 8.78. The Labute approximate surface area is 96.7 Å². The van der Waals surface area contributed by atoms with Crippen LogP contribution >= 0.6 is 0 Å². The molecule has 1 rings (SSSR count). The molecule has 0 heterocycles. The lowest BCUT2D eigenvalue weighted by Gasteiger charge is -2.27. The number of hydrogen-bond acceptors (Lipinski definition) is 2. The summed E-state index contributed by atoms with van der Waals surface area (Å²) in [6, 6.07) is 6.22. The molecule has 88 valence electrons. The molecule has 1 N–H and O–H groups in total. The maximum Gasteiger partial charge on any atom is 0.305 e. The van der Waals surface area contributed by atoms with Gasteiger partial charge >= 0.3 is 5.97 Å². The predicted molar refractivity (Wildman–Crippen MR) is 66.0 cm³/mol. The molecule has 0 aliphatic heterocycles. The van der Waals surface area contributed by atoms with E-state index in [0.717, 1.165) is 5.69 Å². The Morgan fingerprint density at radius 1 is 1.44 bits per heavy atom. The summed E-state index contributed by atoms with van der Waals surface area (Å²) in [6.07, 6.45) is 0.157. The third kappa shape index (κ3) is 2.99. The van der Waals surface area contributed by atoms with Crippen LogP contribution in [0, 0.1) is 13.8 Å². The average Bonchev–Trinajstić information content (AvgIpc) is 2.19. The molecule has 1 aromatic rings. The number of nitrogens with zero attached hydrogens (tertiary/aromatic N) is 1. The van der Waals surface area contributed by atoms with Gasteiger partial charge in [-0.3, -0.25) is 4.79 Å². The first kappa shape index (κ1) is 12.6. The van der Waals surface area contributed by atoms with Crippen LogP contribution < -0.4 is 4.90 Å². The van der Waals surface area contributed by atoms with Crippen molar-refractivity contribution in [2.45, 2.75) is 33.2 Å². The molecule has 1 unspecified atom stereocenters. The van der Waals surface area contributed by atoms with Gasteiger partial charge < -0.3 is 10.0 Å². The lowest BCUT2D eigenvalue weighted by molar-refractivity contribution is -0.137. The second kappa shape index (κ2) is 5.01. The first-order valence-corrected chi connectivity index (χ1v) is 5.43. The van der Waals surface area contributed by atoms with Crippen molar-refractivity contribution < 1.29 is 9.90 Å². The van der Waals surface area contributed by atoms with Crippen molar-refractivity contribution in [3.05, 3.63) is 29.3 Å². The minimum atomic E-state index is -0.760. The molecule has 0 fully saturated rings. The molecule has 16 heavy (non-hydrogen) atoms. The fourth-order valence-electron chi connectivity index (χ4n) is 1.73. The average molecular weight is 221 g/mol. The number of carboxylic acid groups (broad SMARTS) is 1. The second-order valence-corrected chi connectivity index (χ2v) is 4.35. The van der Waals surface area contributed by atoms with E-state index in [9.17, 15) is 4.79 Å². The molecule has 0 bridgehead atoms. The Bertz CT molecular complexity index is 388. The van der Waals surface area contributed by atoms with Gasteiger partial charge in [0, 0.05) is 18.8 Å². The van der Waals surface area contributed by atoms with Gasteiger partial charge in [0.25, 0.3) is 0 Å². The highest BCUT2D eigenvalue weighted by Crippen LogP contribution is 2.22. The summed E-state index contributed by atoms with van der Waals surface area (Å²) in [4.78, 5) is 12.7. The van der Waals surface area contributed by atoms with Crippen molar-refractivity contribution in [1.82, 2.24) is 0 Å². The first-order chi connectivity index (χ1) is 7.41. The Hall–Kier alpha value is -1.51. The topological polar surface area (TPSA) is 40.5 Å². The zero-order valence-corrected chi connectivity index (χ0v) is 10.3. The SMILES string of the molecule is Cc1ccc(C)c(N(C)C(C)CC(=O)O)c1. The first-order valence-electron chi connectivity index (χ1n) is 5.43. The van der Waals surface area contributed by atoms with E-state index in [0.29, 0.717) is 0 Å². The molecule has 0 aliphatic rings. The van der Waals surface area contributed by atoms with Gasteiger partial charge in [-0.25, -0.2) is 0 Å². The van der Waals surface area contributed by atoms with Crippen molar-refractivity contribution in [3.63, 3.8) is 0 Å². The molecular formula is C13H19NO2. The summed E-state index contributed by atoms with van der Waals surface area (Å²) >= 11 is 0. The van der Waals surface area contributed by atoms with Crippen LogP contribution in [0.25, 0.3) is 0 Å². The zero-order valence-electron chi connectivity index (χ0n) is 10.3. The number of benzene rings is 1. The zero-order chi connectivity index (χ0) is 12.3. The van der Waals surface area contributed by atoms with Crippen molar-refractivity contribution in [3.8, 4) is 0 Å². The standard InChI is InChI=1S/C13H19NO2/c1-9-5-6-10(2)12(7-9)14(4)11(3)8-13(15)16/h5-7,11H,8H2,1-4H3,(H,15,16). The second-order valence-electron chi connectivity index (χ2n) is 4.35. The monoisotopic (exact) mass is 221 g/mol. The van der Waals surface area contributed by atoms with Gasteiger partial charge in [-0.1, -0.05) is 12.1 Å². The third-order valence-electron chi connectivity index (χ3n) is 2.88. The van der Waals surface area contributed by atoms with Crippen LogP contribution in [0.4, 0.5) is 5.69 Å². The number of aliphatic carboxylic acids is 1. The number of carbonyl (C=O) groups is 1. The summed E-state index contributed by atoms with van der Waals surface area (Å²) in [5.41, 5.74) is 3.47. The van der Waals surface area contributed by atoms with Gasteiger partial charge in [-0.05, 0) is 38.0 Å². The molecule has 0 amide bonds. The van der Waals surface area contributed by atoms with E-state index < -0.39 is 5.97 Å². The smallest absolute Gasteiger partial charge is 0.305 e. The quantitative estimate of drug-likeness (QED) is 0.849. The van der Waals surface area contributed by atoms with Gasteiger partial charge in [0.05, 0.1) is 6.42 Å². The number of hydrogen-bond donors (Lipinski definition) is 1. The highest BCUT2D eigenvalue weighted by Gasteiger charge is 2.15. The maximum absolute atomic E-state index is 10.7. The molecule has 1 atom stereocenters. The van der Waals surface area contributed by atoms with E-state index in [2.05, 4.69) is 18.2 Å². The Morgan fingerprint density at radius 2 is 2.06 bits per heavy atom. The summed E-state index contributed by atoms with van der Waals surface area (Å²) in [6.45, 7) is 6.01. The number of carboxylic acids is 1. The van der Waals surface area contributed by atoms with Gasteiger partial charge in [0.1, 0.15) is 0 Å². The molecule has 0 spiro atoms. The molecule has 3 heteroatoms. The van der Waals surface area contributed by atoms with Crippen LogP contribution in [0.2, 0.25) is 0 Å². The van der Waals surface area contributed by atoms with Gasteiger partial charge in [-0.15, -0.1) is 0 Å². The van der Waals surface area contributed by atoms with Crippen molar-refractivity contribution in [2.75, 3.05) is 11.9 Å². The molecule has 0 saturated heterocycles. The minimum Gasteiger partial charge on any atom is -0.481 e. The number of rotatable bonds is 4. The highest BCUT2D eigenvalue weighted by atomic mass is 16.4. The fourth-order valence-corrected chi connectivity index (χ4v) is 1.73. The minimum absolute atomic E-state index is 0.00185. The Balaban J connectivity index is 2.90. The Morgan fingerprint density at radius 3 is 2.62 bits per heavy atom. The lowest BCUT2D eigenvalue weighted by Crippen LogP contribution is -2.31. The van der Waals surface area contributed by atoms with Crippen LogP contribution in [0.15, 0.2) is 18.2 Å². The predicted octanol–water partition coefficient (Wildman–Crippen LogP) is 2.60. The van der Waals surface area contributed by atoms with E-state index in [1.165, 1.54) is 11.1 Å². The third-order valence-corrected chi connectivity index (χ3v) is 2.88. The van der Waals surface area contributed by atoms with Gasteiger partial charge in [0.15, 0.2) is 0 Å². The van der Waals surface area contributed by atoms with Crippen molar-refractivity contribution in [1.29, 1.82) is 0 Å². The molecule has 1 aromatic carbocycles. The van der Waals surface area contributed by atoms with E-state index >= 15 is 0 Å². The molecule has 0 saturated carbocycles. The largest absolute Gasteiger partial charge is 0.481 e. The Kier molecular flexibility index (Phi) is 3.93.